The van der Waals surface area contributed by atoms with Gasteiger partial charge in [0.25, 0.3) is 10.0 Å². The maximum absolute atomic E-state index is 13.0. The second-order valence-corrected chi connectivity index (χ2v) is 6.93. The second-order valence-electron chi connectivity index (χ2n) is 4.81. The van der Waals surface area contributed by atoms with Gasteiger partial charge in [-0.3, -0.25) is 4.72 Å². The Bertz CT molecular complexity index is 894. The maximum Gasteiger partial charge on any atom is 0.573 e. The molecule has 12 heteroatoms. The van der Waals surface area contributed by atoms with Crippen LogP contribution in [0.1, 0.15) is 5.56 Å². The number of sulfonamides is 1. The van der Waals surface area contributed by atoms with Gasteiger partial charge >= 0.3 is 12.5 Å². The van der Waals surface area contributed by atoms with E-state index in [9.17, 15) is 34.8 Å². The molecule has 0 radical (unpaired) electrons. The maximum atomic E-state index is 13.0. The Labute approximate surface area is 148 Å². The molecule has 0 unspecified atom stereocenters. The van der Waals surface area contributed by atoms with Gasteiger partial charge in [-0.25, -0.2) is 8.42 Å². The molecular weight excluding hydrogens is 412 g/mol. The largest absolute Gasteiger partial charge is 0.573 e. The summed E-state index contributed by atoms with van der Waals surface area (Å²) in [6.45, 7) is 0. The Morgan fingerprint density at radius 3 is 2.00 bits per heavy atom. The minimum Gasteiger partial charge on any atom is -0.406 e. The summed E-state index contributed by atoms with van der Waals surface area (Å²) in [4.78, 5) is -0.560. The van der Waals surface area contributed by atoms with Crippen molar-refractivity contribution in [1.29, 1.82) is 0 Å². The zero-order valence-electron chi connectivity index (χ0n) is 12.3. The zero-order chi connectivity index (χ0) is 19.8. The number of anilines is 1. The smallest absolute Gasteiger partial charge is 0.406 e. The fourth-order valence-electron chi connectivity index (χ4n) is 1.86. The molecule has 0 heterocycles. The Kier molecular flexibility index (Phi) is 5.34. The van der Waals surface area contributed by atoms with Gasteiger partial charge in [-0.2, -0.15) is 13.2 Å². The predicted molar refractivity (Wildman–Crippen MR) is 80.4 cm³/mol. The van der Waals surface area contributed by atoms with Crippen LogP contribution in [0.5, 0.6) is 5.75 Å². The van der Waals surface area contributed by atoms with Gasteiger partial charge in [-0.05, 0) is 42.5 Å². The number of nitrogens with one attached hydrogen (secondary N) is 1. The zero-order valence-corrected chi connectivity index (χ0v) is 13.9. The summed E-state index contributed by atoms with van der Waals surface area (Å²) in [5.74, 6) is -0.682. The monoisotopic (exact) mass is 419 g/mol. The first-order valence-electron chi connectivity index (χ1n) is 6.53. The van der Waals surface area contributed by atoms with E-state index in [1.165, 1.54) is 0 Å². The van der Waals surface area contributed by atoms with E-state index in [2.05, 4.69) is 4.74 Å². The third-order valence-corrected chi connectivity index (χ3v) is 4.52. The van der Waals surface area contributed by atoms with Gasteiger partial charge in [0.05, 0.1) is 16.1 Å². The van der Waals surface area contributed by atoms with Gasteiger partial charge in [-0.15, -0.1) is 13.2 Å². The minimum absolute atomic E-state index is 0.256. The lowest BCUT2D eigenvalue weighted by atomic mass is 10.2. The lowest BCUT2D eigenvalue weighted by molar-refractivity contribution is -0.274. The molecule has 0 bridgehead atoms. The van der Waals surface area contributed by atoms with E-state index in [0.29, 0.717) is 18.2 Å². The molecular formula is C14H8ClF6NO3S. The molecule has 0 aromatic heterocycles. The molecule has 0 saturated carbocycles. The number of hydrogen-bond donors (Lipinski definition) is 1. The number of alkyl halides is 6. The van der Waals surface area contributed by atoms with Gasteiger partial charge < -0.3 is 4.74 Å². The van der Waals surface area contributed by atoms with E-state index < -0.39 is 44.5 Å². The molecule has 0 amide bonds. The summed E-state index contributed by atoms with van der Waals surface area (Å²) in [7, 11) is -4.50. The lowest BCUT2D eigenvalue weighted by Crippen LogP contribution is -2.18. The second kappa shape index (κ2) is 6.88. The van der Waals surface area contributed by atoms with Crippen molar-refractivity contribution >= 4 is 27.3 Å². The Morgan fingerprint density at radius 1 is 0.923 bits per heavy atom. The third-order valence-electron chi connectivity index (χ3n) is 2.90. The number of hydrogen-bond acceptors (Lipinski definition) is 3. The Balaban J connectivity index is 2.32. The van der Waals surface area contributed by atoms with Crippen LogP contribution in [0.15, 0.2) is 47.4 Å². The number of halogens is 7. The van der Waals surface area contributed by atoms with Crippen molar-refractivity contribution in [2.75, 3.05) is 4.72 Å². The molecule has 0 aliphatic rings. The van der Waals surface area contributed by atoms with Crippen molar-refractivity contribution in [2.24, 2.45) is 0 Å². The normalized spacial score (nSPS) is 12.7. The van der Waals surface area contributed by atoms with E-state index >= 15 is 0 Å². The molecule has 0 saturated heterocycles. The summed E-state index contributed by atoms with van der Waals surface area (Å²) >= 11 is 5.50. The number of benzene rings is 2. The van der Waals surface area contributed by atoms with Crippen LogP contribution in [-0.4, -0.2) is 14.8 Å². The van der Waals surface area contributed by atoms with Crippen LogP contribution in [-0.2, 0) is 16.2 Å². The SMILES string of the molecule is O=S(=O)(Nc1ccc(Cl)cc1C(F)(F)F)c1ccc(OC(F)(F)F)cc1. The molecule has 26 heavy (non-hydrogen) atoms. The quantitative estimate of drug-likeness (QED) is 0.705. The first kappa shape index (κ1) is 20.2. The summed E-state index contributed by atoms with van der Waals surface area (Å²) in [6.07, 6.45) is -9.85. The molecule has 142 valence electrons. The highest BCUT2D eigenvalue weighted by Crippen LogP contribution is 2.37. The molecule has 0 aliphatic carbocycles. The van der Waals surface area contributed by atoms with Crippen molar-refractivity contribution in [3.63, 3.8) is 0 Å². The van der Waals surface area contributed by atoms with E-state index in [0.717, 1.165) is 24.3 Å². The standard InChI is InChI=1S/C14H8ClF6NO3S/c15-8-1-6-12(11(7-8)13(16,17)18)22-26(23,24)10-4-2-9(3-5-10)25-14(19,20)21/h1-7,22H. The van der Waals surface area contributed by atoms with Crippen LogP contribution >= 0.6 is 11.6 Å². The topological polar surface area (TPSA) is 55.4 Å². The molecule has 2 aromatic rings. The van der Waals surface area contributed by atoms with Crippen LogP contribution < -0.4 is 9.46 Å². The van der Waals surface area contributed by atoms with Gasteiger partial charge in [-0.1, -0.05) is 11.6 Å². The fraction of sp³-hybridized carbons (Fsp3) is 0.143. The molecule has 2 rings (SSSR count). The molecule has 0 atom stereocenters. The van der Waals surface area contributed by atoms with Crippen LogP contribution in [0, 0.1) is 0 Å². The highest BCUT2D eigenvalue weighted by Gasteiger charge is 2.35. The molecule has 2 aromatic carbocycles. The van der Waals surface area contributed by atoms with E-state index in [4.69, 9.17) is 11.6 Å². The molecule has 4 nitrogen and oxygen atoms in total. The number of rotatable bonds is 4. The minimum atomic E-state index is -4.97. The Morgan fingerprint density at radius 2 is 1.50 bits per heavy atom. The van der Waals surface area contributed by atoms with Crippen LogP contribution in [0.2, 0.25) is 5.02 Å². The average molecular weight is 420 g/mol. The molecule has 0 fully saturated rings. The lowest BCUT2D eigenvalue weighted by Gasteiger charge is -2.15. The van der Waals surface area contributed by atoms with Crippen molar-refractivity contribution in [2.45, 2.75) is 17.4 Å². The summed E-state index contributed by atoms with van der Waals surface area (Å²) in [6, 6.07) is 5.36. The predicted octanol–water partition coefficient (Wildman–Crippen LogP) is 5.06. The highest BCUT2D eigenvalue weighted by molar-refractivity contribution is 7.92. The van der Waals surface area contributed by atoms with Gasteiger partial charge in [0.15, 0.2) is 0 Å². The summed E-state index contributed by atoms with van der Waals surface area (Å²) in [5.41, 5.74) is -2.09. The first-order chi connectivity index (χ1) is 11.8. The van der Waals surface area contributed by atoms with Crippen molar-refractivity contribution in [1.82, 2.24) is 0 Å². The molecule has 0 spiro atoms. The van der Waals surface area contributed by atoms with Crippen LogP contribution in [0.3, 0.4) is 0 Å². The van der Waals surface area contributed by atoms with E-state index in [1.54, 1.807) is 4.72 Å². The molecule has 1 N–H and O–H groups in total. The number of ether oxygens (including phenoxy) is 1. The van der Waals surface area contributed by atoms with Crippen LogP contribution in [0.4, 0.5) is 32.0 Å². The van der Waals surface area contributed by atoms with E-state index in [1.807, 2.05) is 0 Å². The highest BCUT2D eigenvalue weighted by atomic mass is 35.5. The van der Waals surface area contributed by atoms with Crippen molar-refractivity contribution in [3.05, 3.63) is 53.1 Å². The van der Waals surface area contributed by atoms with E-state index in [-0.39, 0.29) is 5.02 Å². The summed E-state index contributed by atoms with van der Waals surface area (Å²) < 4.78 is 105. The Hall–Kier alpha value is -2.14. The van der Waals surface area contributed by atoms with Crippen LogP contribution in [0.25, 0.3) is 0 Å². The molecule has 0 aliphatic heterocycles. The first-order valence-corrected chi connectivity index (χ1v) is 8.39. The summed E-state index contributed by atoms with van der Waals surface area (Å²) in [5, 5.41) is -0.256. The fourth-order valence-corrected chi connectivity index (χ4v) is 3.12. The average Bonchev–Trinajstić information content (AvgIpc) is 2.47. The van der Waals surface area contributed by atoms with Gasteiger partial charge in [0, 0.05) is 5.02 Å². The van der Waals surface area contributed by atoms with Crippen molar-refractivity contribution < 1.29 is 39.5 Å². The van der Waals surface area contributed by atoms with Gasteiger partial charge in [0.2, 0.25) is 0 Å². The van der Waals surface area contributed by atoms with Gasteiger partial charge in [0.1, 0.15) is 5.75 Å². The third kappa shape index (κ3) is 5.18. The van der Waals surface area contributed by atoms with Crippen molar-refractivity contribution in [3.8, 4) is 5.75 Å².